The fraction of sp³-hybridized carbons (Fsp3) is 0.100. The number of H-pyrrole nitrogens is 1. The lowest BCUT2D eigenvalue weighted by Crippen LogP contribution is -2.13. The van der Waals surface area contributed by atoms with Crippen molar-refractivity contribution in [3.63, 3.8) is 0 Å². The van der Waals surface area contributed by atoms with E-state index in [1.54, 1.807) is 6.07 Å². The average molecular weight is 268 g/mol. The Morgan fingerprint density at radius 2 is 2.22 bits per heavy atom. The highest BCUT2D eigenvalue weighted by molar-refractivity contribution is 7.92. The van der Waals surface area contributed by atoms with Crippen LogP contribution in [0.5, 0.6) is 5.75 Å². The Bertz CT molecular complexity index is 637. The molecule has 0 saturated carbocycles. The van der Waals surface area contributed by atoms with Gasteiger partial charge in [0.1, 0.15) is 10.6 Å². The van der Waals surface area contributed by atoms with Gasteiger partial charge in [0.15, 0.2) is 0 Å². The van der Waals surface area contributed by atoms with Crippen LogP contribution in [0.3, 0.4) is 0 Å². The zero-order valence-corrected chi connectivity index (χ0v) is 10.4. The second-order valence-corrected chi connectivity index (χ2v) is 5.18. The molecular formula is C10H12N4O3S. The molecule has 0 radical (unpaired) electrons. The van der Waals surface area contributed by atoms with Gasteiger partial charge >= 0.3 is 0 Å². The molecule has 0 aliphatic rings. The third-order valence-corrected chi connectivity index (χ3v) is 3.59. The number of hydrogen-bond donors (Lipinski definition) is 3. The first-order valence-electron chi connectivity index (χ1n) is 4.98. The number of sulfonamides is 1. The van der Waals surface area contributed by atoms with Crippen LogP contribution in [0.4, 0.5) is 11.4 Å². The number of aromatic amines is 1. The first-order chi connectivity index (χ1) is 8.53. The summed E-state index contributed by atoms with van der Waals surface area (Å²) in [5, 5.41) is 6.03. The predicted molar refractivity (Wildman–Crippen MR) is 66.8 cm³/mol. The topological polar surface area (TPSA) is 110 Å². The number of anilines is 2. The van der Waals surface area contributed by atoms with E-state index in [1.807, 2.05) is 0 Å². The van der Waals surface area contributed by atoms with Gasteiger partial charge in [-0.1, -0.05) is 0 Å². The standard InChI is InChI=1S/C10H12N4O3S/c1-17-10-4-7(11)2-3-9(10)14-18(15,16)8-5-12-13-6-8/h2-6,14H,11H2,1H3,(H,12,13). The molecule has 0 amide bonds. The highest BCUT2D eigenvalue weighted by Gasteiger charge is 2.17. The molecule has 0 bridgehead atoms. The third kappa shape index (κ3) is 2.38. The molecule has 96 valence electrons. The maximum atomic E-state index is 12.0. The minimum absolute atomic E-state index is 0.0429. The number of rotatable bonds is 4. The maximum absolute atomic E-state index is 12.0. The van der Waals surface area contributed by atoms with Gasteiger partial charge in [-0.3, -0.25) is 9.82 Å². The Morgan fingerprint density at radius 1 is 1.44 bits per heavy atom. The van der Waals surface area contributed by atoms with Gasteiger partial charge in [-0.15, -0.1) is 0 Å². The van der Waals surface area contributed by atoms with Crippen LogP contribution in [0.1, 0.15) is 0 Å². The van der Waals surface area contributed by atoms with Crippen molar-refractivity contribution in [1.82, 2.24) is 10.2 Å². The lowest BCUT2D eigenvalue weighted by Gasteiger charge is -2.11. The second kappa shape index (κ2) is 4.57. The zero-order valence-electron chi connectivity index (χ0n) is 9.54. The molecule has 18 heavy (non-hydrogen) atoms. The van der Waals surface area contributed by atoms with E-state index in [1.165, 1.54) is 31.6 Å². The van der Waals surface area contributed by atoms with Crippen molar-refractivity contribution < 1.29 is 13.2 Å². The zero-order chi connectivity index (χ0) is 13.2. The first kappa shape index (κ1) is 12.2. The molecule has 0 saturated heterocycles. The lowest BCUT2D eigenvalue weighted by molar-refractivity contribution is 0.417. The van der Waals surface area contributed by atoms with Gasteiger partial charge in [0.25, 0.3) is 10.0 Å². The quantitative estimate of drug-likeness (QED) is 0.710. The predicted octanol–water partition coefficient (Wildman–Crippen LogP) is 0.801. The van der Waals surface area contributed by atoms with E-state index >= 15 is 0 Å². The van der Waals surface area contributed by atoms with E-state index in [0.29, 0.717) is 17.1 Å². The molecule has 2 aromatic rings. The largest absolute Gasteiger partial charge is 0.494 e. The summed E-state index contributed by atoms with van der Waals surface area (Å²) in [5.74, 6) is 0.349. The number of nitrogens with two attached hydrogens (primary N) is 1. The molecule has 0 spiro atoms. The van der Waals surface area contributed by atoms with E-state index in [9.17, 15) is 8.42 Å². The fourth-order valence-corrected chi connectivity index (χ4v) is 2.36. The molecule has 1 aromatic carbocycles. The van der Waals surface area contributed by atoms with Crippen molar-refractivity contribution in [2.24, 2.45) is 0 Å². The molecule has 8 heteroatoms. The highest BCUT2D eigenvalue weighted by atomic mass is 32.2. The molecule has 0 aliphatic heterocycles. The van der Waals surface area contributed by atoms with Crippen LogP contribution in [0.25, 0.3) is 0 Å². The Morgan fingerprint density at radius 3 is 2.83 bits per heavy atom. The summed E-state index contributed by atoms with van der Waals surface area (Å²) in [6.45, 7) is 0. The monoisotopic (exact) mass is 268 g/mol. The maximum Gasteiger partial charge on any atom is 0.265 e. The van der Waals surface area contributed by atoms with Crippen LogP contribution in [0, 0.1) is 0 Å². The summed E-state index contributed by atoms with van der Waals surface area (Å²) in [7, 11) is -2.25. The summed E-state index contributed by atoms with van der Waals surface area (Å²) in [4.78, 5) is 0.0429. The number of nitrogens with one attached hydrogen (secondary N) is 2. The van der Waals surface area contributed by atoms with Crippen LogP contribution in [-0.4, -0.2) is 25.7 Å². The number of methoxy groups -OCH3 is 1. The summed E-state index contributed by atoms with van der Waals surface area (Å²) in [6.07, 6.45) is 2.50. The average Bonchev–Trinajstić information content (AvgIpc) is 2.85. The van der Waals surface area contributed by atoms with Crippen LogP contribution < -0.4 is 15.2 Å². The van der Waals surface area contributed by atoms with Gasteiger partial charge in [-0.25, -0.2) is 8.42 Å². The third-order valence-electron chi connectivity index (χ3n) is 2.25. The van der Waals surface area contributed by atoms with Gasteiger partial charge in [0, 0.05) is 18.0 Å². The van der Waals surface area contributed by atoms with Gasteiger partial charge in [0.2, 0.25) is 0 Å². The molecular weight excluding hydrogens is 256 g/mol. The van der Waals surface area contributed by atoms with Crippen LogP contribution >= 0.6 is 0 Å². The van der Waals surface area contributed by atoms with Crippen molar-refractivity contribution >= 4 is 21.4 Å². The van der Waals surface area contributed by atoms with Crippen molar-refractivity contribution in [1.29, 1.82) is 0 Å². The van der Waals surface area contributed by atoms with Crippen molar-refractivity contribution in [2.75, 3.05) is 17.6 Å². The van der Waals surface area contributed by atoms with E-state index in [0.717, 1.165) is 0 Å². The molecule has 7 nitrogen and oxygen atoms in total. The van der Waals surface area contributed by atoms with Crippen LogP contribution in [0.2, 0.25) is 0 Å². The Hall–Kier alpha value is -2.22. The van der Waals surface area contributed by atoms with Gasteiger partial charge in [0.05, 0.1) is 19.0 Å². The van der Waals surface area contributed by atoms with Gasteiger partial charge in [-0.05, 0) is 12.1 Å². The molecule has 0 fully saturated rings. The molecule has 0 atom stereocenters. The van der Waals surface area contributed by atoms with Crippen molar-refractivity contribution in [2.45, 2.75) is 4.90 Å². The van der Waals surface area contributed by atoms with Crippen molar-refractivity contribution in [3.05, 3.63) is 30.6 Å². The van der Waals surface area contributed by atoms with E-state index in [-0.39, 0.29) is 4.90 Å². The lowest BCUT2D eigenvalue weighted by atomic mass is 10.2. The first-order valence-corrected chi connectivity index (χ1v) is 6.46. The minimum Gasteiger partial charge on any atom is -0.494 e. The molecule has 2 rings (SSSR count). The van der Waals surface area contributed by atoms with Gasteiger partial charge < -0.3 is 10.5 Å². The van der Waals surface area contributed by atoms with Crippen LogP contribution in [-0.2, 0) is 10.0 Å². The van der Waals surface area contributed by atoms with E-state index in [2.05, 4.69) is 14.9 Å². The summed E-state index contributed by atoms with van der Waals surface area (Å²) < 4.78 is 31.4. The minimum atomic E-state index is -3.68. The number of nitrogens with zero attached hydrogens (tertiary/aromatic N) is 1. The smallest absolute Gasteiger partial charge is 0.265 e. The summed E-state index contributed by atoms with van der Waals surface area (Å²) in [6, 6.07) is 4.65. The van der Waals surface area contributed by atoms with Gasteiger partial charge in [-0.2, -0.15) is 5.10 Å². The molecule has 0 aliphatic carbocycles. The molecule has 1 heterocycles. The molecule has 1 aromatic heterocycles. The summed E-state index contributed by atoms with van der Waals surface area (Å²) in [5.41, 5.74) is 6.39. The molecule has 4 N–H and O–H groups in total. The summed E-state index contributed by atoms with van der Waals surface area (Å²) >= 11 is 0. The number of ether oxygens (including phenoxy) is 1. The fourth-order valence-electron chi connectivity index (χ4n) is 1.38. The molecule has 0 unspecified atom stereocenters. The Balaban J connectivity index is 2.35. The number of benzene rings is 1. The SMILES string of the molecule is COc1cc(N)ccc1NS(=O)(=O)c1cn[nH]c1. The van der Waals surface area contributed by atoms with Crippen molar-refractivity contribution in [3.8, 4) is 5.75 Å². The Kier molecular flexibility index (Phi) is 3.11. The normalized spacial score (nSPS) is 11.2. The highest BCUT2D eigenvalue weighted by Crippen LogP contribution is 2.28. The van der Waals surface area contributed by atoms with E-state index in [4.69, 9.17) is 10.5 Å². The Labute approximate surface area is 104 Å². The number of nitrogen functional groups attached to an aromatic ring is 1. The number of hydrogen-bond acceptors (Lipinski definition) is 5. The van der Waals surface area contributed by atoms with Crippen LogP contribution in [0.15, 0.2) is 35.5 Å². The second-order valence-electron chi connectivity index (χ2n) is 3.50. The number of aromatic nitrogens is 2. The van der Waals surface area contributed by atoms with E-state index < -0.39 is 10.0 Å².